The van der Waals surface area contributed by atoms with Gasteiger partial charge in [0.25, 0.3) is 11.5 Å². The number of nitrogens with zero attached hydrogens (tertiary/aromatic N) is 7. The van der Waals surface area contributed by atoms with Gasteiger partial charge in [-0.1, -0.05) is 30.7 Å². The van der Waals surface area contributed by atoms with Crippen LogP contribution >= 0.6 is 0 Å². The van der Waals surface area contributed by atoms with Crippen molar-refractivity contribution in [2.75, 3.05) is 11.1 Å². The first-order chi connectivity index (χ1) is 21.3. The molecule has 0 spiro atoms. The number of halogens is 1. The molecule has 7 rings (SSSR count). The van der Waals surface area contributed by atoms with Gasteiger partial charge in [-0.3, -0.25) is 14.3 Å². The molecule has 3 N–H and O–H groups in total. The van der Waals surface area contributed by atoms with Crippen molar-refractivity contribution in [1.82, 2.24) is 33.9 Å². The van der Waals surface area contributed by atoms with Crippen LogP contribution in [0.1, 0.15) is 46.9 Å². The van der Waals surface area contributed by atoms with Crippen LogP contribution in [-0.4, -0.2) is 39.8 Å². The van der Waals surface area contributed by atoms with Crippen LogP contribution in [0, 0.1) is 5.82 Å². The number of carbonyl (C=O) groups excluding carboxylic acids is 1. The zero-order valence-corrected chi connectivity index (χ0v) is 23.8. The van der Waals surface area contributed by atoms with Gasteiger partial charge in [-0.05, 0) is 54.3 Å². The Morgan fingerprint density at radius 1 is 1.02 bits per heavy atom. The quantitative estimate of drug-likeness (QED) is 0.277. The summed E-state index contributed by atoms with van der Waals surface area (Å²) in [5.41, 5.74) is 10.2. The number of aryl methyl sites for hydroxylation is 1. The molecule has 1 aliphatic rings. The summed E-state index contributed by atoms with van der Waals surface area (Å²) >= 11 is 0. The average Bonchev–Trinajstić information content (AvgIpc) is 3.63. The summed E-state index contributed by atoms with van der Waals surface area (Å²) in [6.07, 6.45) is 9.85. The summed E-state index contributed by atoms with van der Waals surface area (Å²) < 4.78 is 18.1. The van der Waals surface area contributed by atoms with Crippen LogP contribution in [0.25, 0.3) is 28.0 Å². The van der Waals surface area contributed by atoms with E-state index in [9.17, 15) is 14.0 Å². The van der Waals surface area contributed by atoms with E-state index in [1.54, 1.807) is 45.9 Å². The molecule has 0 unspecified atom stereocenters. The van der Waals surface area contributed by atoms with Gasteiger partial charge in [0.1, 0.15) is 17.2 Å². The Morgan fingerprint density at radius 3 is 2.48 bits per heavy atom. The zero-order valence-electron chi connectivity index (χ0n) is 23.8. The van der Waals surface area contributed by atoms with E-state index < -0.39 is 11.5 Å². The molecule has 0 atom stereocenters. The van der Waals surface area contributed by atoms with Gasteiger partial charge in [0.05, 0.1) is 12.7 Å². The molecule has 12 heteroatoms. The number of rotatable bonds is 7. The number of nitrogen functional groups attached to an aromatic ring is 1. The van der Waals surface area contributed by atoms with Crippen LogP contribution in [0.5, 0.6) is 0 Å². The van der Waals surface area contributed by atoms with Crippen LogP contribution in [0.3, 0.4) is 0 Å². The molecule has 4 heterocycles. The van der Waals surface area contributed by atoms with E-state index in [4.69, 9.17) is 5.73 Å². The Labute approximate surface area is 250 Å². The van der Waals surface area contributed by atoms with Crippen molar-refractivity contribution in [3.63, 3.8) is 0 Å². The predicted molar refractivity (Wildman–Crippen MR) is 164 cm³/mol. The van der Waals surface area contributed by atoms with E-state index in [1.165, 1.54) is 22.8 Å². The van der Waals surface area contributed by atoms with Crippen LogP contribution in [0.15, 0.2) is 84.2 Å². The lowest BCUT2D eigenvalue weighted by Crippen LogP contribution is -2.29. The molecular weight excluding hydrogens is 561 g/mol. The largest absolute Gasteiger partial charge is 0.383 e. The van der Waals surface area contributed by atoms with Crippen molar-refractivity contribution in [1.29, 1.82) is 0 Å². The summed E-state index contributed by atoms with van der Waals surface area (Å²) in [6, 6.07) is 15.1. The summed E-state index contributed by atoms with van der Waals surface area (Å²) in [6.45, 7) is 0.273. The molecule has 4 aromatic heterocycles. The second-order valence-electron chi connectivity index (χ2n) is 11.0. The number of pyridine rings is 1. The van der Waals surface area contributed by atoms with Crippen molar-refractivity contribution in [3.8, 4) is 22.3 Å². The molecule has 11 nitrogen and oxygen atoms in total. The Bertz CT molecular complexity index is 2070. The van der Waals surface area contributed by atoms with Gasteiger partial charge in [-0.15, -0.1) is 5.10 Å². The molecule has 220 valence electrons. The number of aromatic nitrogens is 7. The maximum atomic E-state index is 13.5. The summed E-state index contributed by atoms with van der Waals surface area (Å²) in [4.78, 5) is 36.0. The molecule has 0 radical (unpaired) electrons. The number of anilines is 2. The van der Waals surface area contributed by atoms with Crippen molar-refractivity contribution in [2.24, 2.45) is 7.05 Å². The zero-order chi connectivity index (χ0) is 30.4. The Hall–Kier alpha value is -5.65. The van der Waals surface area contributed by atoms with Crippen molar-refractivity contribution >= 4 is 23.2 Å². The number of carbonyl (C=O) groups is 1. The molecule has 2 aromatic carbocycles. The number of hydrogen-bond donors (Lipinski definition) is 2. The lowest BCUT2D eigenvalue weighted by molar-refractivity contribution is 0.102. The molecular formula is C32H28FN9O2. The molecule has 1 aliphatic carbocycles. The fraction of sp³-hybridized carbons (Fsp3) is 0.188. The maximum Gasteiger partial charge on any atom is 0.288 e. The smallest absolute Gasteiger partial charge is 0.288 e. The van der Waals surface area contributed by atoms with Crippen LogP contribution in [0.4, 0.5) is 15.9 Å². The number of hydrogen-bond acceptors (Lipinski definition) is 7. The summed E-state index contributed by atoms with van der Waals surface area (Å²) in [5.74, 6) is 0.562. The Kier molecular flexibility index (Phi) is 6.73. The number of nitrogens with two attached hydrogens (primary N) is 1. The topological polar surface area (TPSA) is 138 Å². The highest BCUT2D eigenvalue weighted by molar-refractivity contribution is 6.04. The normalized spacial score (nSPS) is 13.2. The lowest BCUT2D eigenvalue weighted by atomic mass is 9.85. The number of benzene rings is 2. The third-order valence-corrected chi connectivity index (χ3v) is 7.96. The number of nitrogens with one attached hydrogen (secondary N) is 1. The Morgan fingerprint density at radius 2 is 1.80 bits per heavy atom. The third kappa shape index (κ3) is 5.10. The second kappa shape index (κ2) is 10.9. The molecule has 0 aliphatic heterocycles. The van der Waals surface area contributed by atoms with E-state index in [0.29, 0.717) is 23.1 Å². The van der Waals surface area contributed by atoms with Crippen molar-refractivity contribution < 1.29 is 9.18 Å². The van der Waals surface area contributed by atoms with Gasteiger partial charge in [0, 0.05) is 53.9 Å². The fourth-order valence-corrected chi connectivity index (χ4v) is 5.29. The molecule has 44 heavy (non-hydrogen) atoms. The SMILES string of the molecule is Cn1cc(-c2cnc(N)c(-c3ccc(NC(=O)c4cn(Cc5ccc(F)cc5)c5nc(C6CCC6)nn5c4=O)cc3)c2)cn1. The van der Waals surface area contributed by atoms with E-state index in [0.717, 1.165) is 47.1 Å². The van der Waals surface area contributed by atoms with E-state index in [2.05, 4.69) is 25.5 Å². The molecule has 0 saturated heterocycles. The Balaban J connectivity index is 1.18. The molecule has 1 fully saturated rings. The first kappa shape index (κ1) is 27.2. The van der Waals surface area contributed by atoms with Gasteiger partial charge < -0.3 is 15.6 Å². The van der Waals surface area contributed by atoms with E-state index in [1.807, 2.05) is 31.4 Å². The first-order valence-electron chi connectivity index (χ1n) is 14.2. The first-order valence-corrected chi connectivity index (χ1v) is 14.2. The fourth-order valence-electron chi connectivity index (χ4n) is 5.29. The van der Waals surface area contributed by atoms with Crippen LogP contribution in [0.2, 0.25) is 0 Å². The van der Waals surface area contributed by atoms with E-state index >= 15 is 0 Å². The minimum atomic E-state index is -0.585. The highest BCUT2D eigenvalue weighted by Crippen LogP contribution is 2.34. The highest BCUT2D eigenvalue weighted by Gasteiger charge is 2.26. The third-order valence-electron chi connectivity index (χ3n) is 7.96. The number of amides is 1. The standard InChI is InChI=1S/C32H28FN9O2/c1-40-17-23(15-36-40)22-13-26(28(34)35-14-22)20-7-11-25(12-8-20)37-30(43)27-18-41(16-19-5-9-24(33)10-6-19)32-38-29(21-3-2-4-21)39-42(32)31(27)44/h5-15,17-18,21H,2-4,16H2,1H3,(H2,34,35)(H,37,43). The van der Waals surface area contributed by atoms with Gasteiger partial charge >= 0.3 is 0 Å². The van der Waals surface area contributed by atoms with E-state index in [-0.39, 0.29) is 23.8 Å². The van der Waals surface area contributed by atoms with Gasteiger partial charge in [-0.2, -0.15) is 14.6 Å². The monoisotopic (exact) mass is 589 g/mol. The number of fused-ring (bicyclic) bond motifs is 1. The molecule has 6 aromatic rings. The minimum absolute atomic E-state index is 0.0913. The van der Waals surface area contributed by atoms with Gasteiger partial charge in [0.2, 0.25) is 5.78 Å². The average molecular weight is 590 g/mol. The molecule has 1 saturated carbocycles. The minimum Gasteiger partial charge on any atom is -0.383 e. The summed E-state index contributed by atoms with van der Waals surface area (Å²) in [5, 5.41) is 11.5. The van der Waals surface area contributed by atoms with Crippen LogP contribution < -0.4 is 16.6 Å². The lowest BCUT2D eigenvalue weighted by Gasteiger charge is -2.21. The summed E-state index contributed by atoms with van der Waals surface area (Å²) in [7, 11) is 1.85. The van der Waals surface area contributed by atoms with Crippen molar-refractivity contribution in [3.05, 3.63) is 113 Å². The second-order valence-corrected chi connectivity index (χ2v) is 11.0. The molecule has 1 amide bonds. The van der Waals surface area contributed by atoms with Crippen molar-refractivity contribution in [2.45, 2.75) is 31.7 Å². The van der Waals surface area contributed by atoms with Gasteiger partial charge in [-0.25, -0.2) is 9.37 Å². The predicted octanol–water partition coefficient (Wildman–Crippen LogP) is 4.64. The van der Waals surface area contributed by atoms with Gasteiger partial charge in [0.15, 0.2) is 5.82 Å². The van der Waals surface area contributed by atoms with Crippen LogP contribution in [-0.2, 0) is 13.6 Å². The maximum absolute atomic E-state index is 13.5. The highest BCUT2D eigenvalue weighted by atomic mass is 19.1. The molecule has 0 bridgehead atoms.